The van der Waals surface area contributed by atoms with Crippen LogP contribution >= 0.6 is 0 Å². The zero-order chi connectivity index (χ0) is 10.1. The average molecular weight is 203 g/mol. The van der Waals surface area contributed by atoms with E-state index in [0.29, 0.717) is 11.7 Å². The zero-order valence-electron chi connectivity index (χ0n) is 8.43. The molecule has 1 aliphatic heterocycles. The topological polar surface area (TPSA) is 55.1 Å². The Hall–Kier alpha value is -1.49. The number of piperidine rings is 1. The van der Waals surface area contributed by atoms with Crippen molar-refractivity contribution < 1.29 is 0 Å². The van der Waals surface area contributed by atoms with E-state index in [1.807, 2.05) is 16.8 Å². The third-order valence-electron chi connectivity index (χ3n) is 2.92. The Bertz CT molecular complexity index is 458. The van der Waals surface area contributed by atoms with Crippen LogP contribution in [-0.2, 0) is 0 Å². The normalized spacial score (nSPS) is 22.0. The first kappa shape index (κ1) is 8.79. The van der Waals surface area contributed by atoms with Crippen LogP contribution < -0.4 is 5.32 Å². The summed E-state index contributed by atoms with van der Waals surface area (Å²) in [6, 6.07) is 2.04. The van der Waals surface area contributed by atoms with Crippen molar-refractivity contribution in [3.8, 4) is 0 Å². The predicted molar refractivity (Wildman–Crippen MR) is 55.6 cm³/mol. The molecule has 3 heterocycles. The average Bonchev–Trinajstić information content (AvgIpc) is 2.78. The number of nitrogens with one attached hydrogen (secondary N) is 1. The number of fused-ring (bicyclic) bond motifs is 1. The highest BCUT2D eigenvalue weighted by Gasteiger charge is 2.18. The summed E-state index contributed by atoms with van der Waals surface area (Å²) in [6.45, 7) is 2.15. The fourth-order valence-corrected chi connectivity index (χ4v) is 2.17. The van der Waals surface area contributed by atoms with Gasteiger partial charge in [-0.25, -0.2) is 9.50 Å². The molecule has 0 spiro atoms. The highest BCUT2D eigenvalue weighted by atomic mass is 15.3. The van der Waals surface area contributed by atoms with Crippen molar-refractivity contribution in [2.24, 2.45) is 0 Å². The second-order valence-corrected chi connectivity index (χ2v) is 3.88. The smallest absolute Gasteiger partial charge is 0.252 e. The Balaban J connectivity index is 2.05. The second-order valence-electron chi connectivity index (χ2n) is 3.88. The molecule has 78 valence electrons. The molecule has 0 amide bonds. The molecule has 3 rings (SSSR count). The SMILES string of the molecule is c1cc([C@H]2CCCNC2)n2ncnc2n1. The third-order valence-corrected chi connectivity index (χ3v) is 2.92. The molecule has 1 atom stereocenters. The molecule has 5 nitrogen and oxygen atoms in total. The van der Waals surface area contributed by atoms with E-state index in [2.05, 4.69) is 20.4 Å². The van der Waals surface area contributed by atoms with E-state index in [-0.39, 0.29) is 0 Å². The van der Waals surface area contributed by atoms with Gasteiger partial charge in [0.2, 0.25) is 0 Å². The summed E-state index contributed by atoms with van der Waals surface area (Å²) in [5, 5.41) is 7.62. The lowest BCUT2D eigenvalue weighted by atomic mass is 9.96. The van der Waals surface area contributed by atoms with Crippen LogP contribution in [0.4, 0.5) is 0 Å². The molecule has 0 unspecified atom stereocenters. The molecule has 5 heteroatoms. The van der Waals surface area contributed by atoms with Crippen molar-refractivity contribution >= 4 is 5.78 Å². The molecule has 1 aliphatic rings. The molecule has 0 bridgehead atoms. The maximum absolute atomic E-state index is 4.21. The highest BCUT2D eigenvalue weighted by Crippen LogP contribution is 2.22. The first-order chi connectivity index (χ1) is 7.45. The minimum Gasteiger partial charge on any atom is -0.316 e. The summed E-state index contributed by atoms with van der Waals surface area (Å²) in [6.07, 6.45) is 5.81. The summed E-state index contributed by atoms with van der Waals surface area (Å²) in [5.74, 6) is 1.23. The molecular formula is C10H13N5. The van der Waals surface area contributed by atoms with Gasteiger partial charge < -0.3 is 5.32 Å². The van der Waals surface area contributed by atoms with E-state index in [9.17, 15) is 0 Å². The lowest BCUT2D eigenvalue weighted by Crippen LogP contribution is -2.29. The molecule has 0 aliphatic carbocycles. The van der Waals surface area contributed by atoms with Gasteiger partial charge in [-0.15, -0.1) is 0 Å². The minimum atomic E-state index is 0.533. The van der Waals surface area contributed by atoms with Crippen molar-refractivity contribution in [2.45, 2.75) is 18.8 Å². The van der Waals surface area contributed by atoms with Crippen LogP contribution in [-0.4, -0.2) is 32.7 Å². The van der Waals surface area contributed by atoms with Gasteiger partial charge in [-0.1, -0.05) is 0 Å². The van der Waals surface area contributed by atoms with Gasteiger partial charge in [0.25, 0.3) is 5.78 Å². The number of aromatic nitrogens is 4. The number of hydrogen-bond donors (Lipinski definition) is 1. The summed E-state index contributed by atoms with van der Waals surface area (Å²) in [7, 11) is 0. The summed E-state index contributed by atoms with van der Waals surface area (Å²) < 4.78 is 1.84. The van der Waals surface area contributed by atoms with E-state index in [1.54, 1.807) is 6.33 Å². The highest BCUT2D eigenvalue weighted by molar-refractivity contribution is 5.28. The van der Waals surface area contributed by atoms with Gasteiger partial charge in [0.1, 0.15) is 6.33 Å². The molecule has 1 N–H and O–H groups in total. The first-order valence-corrected chi connectivity index (χ1v) is 5.30. The molecule has 0 radical (unpaired) electrons. The van der Waals surface area contributed by atoms with Crippen LogP contribution in [0.15, 0.2) is 18.6 Å². The van der Waals surface area contributed by atoms with E-state index in [4.69, 9.17) is 0 Å². The van der Waals surface area contributed by atoms with Crippen LogP contribution in [0.25, 0.3) is 5.78 Å². The Morgan fingerprint density at radius 1 is 1.40 bits per heavy atom. The molecule has 1 fully saturated rings. The maximum atomic E-state index is 4.21. The van der Waals surface area contributed by atoms with Gasteiger partial charge in [0.05, 0.1) is 5.69 Å². The van der Waals surface area contributed by atoms with Crippen molar-refractivity contribution in [1.82, 2.24) is 24.9 Å². The van der Waals surface area contributed by atoms with Crippen molar-refractivity contribution in [2.75, 3.05) is 13.1 Å². The molecular weight excluding hydrogens is 190 g/mol. The predicted octanol–water partition coefficient (Wildman–Crippen LogP) is 0.591. The van der Waals surface area contributed by atoms with Gasteiger partial charge in [-0.05, 0) is 25.5 Å². The third kappa shape index (κ3) is 1.48. The molecule has 1 saturated heterocycles. The second kappa shape index (κ2) is 3.58. The van der Waals surface area contributed by atoms with Gasteiger partial charge in [0, 0.05) is 18.7 Å². The number of rotatable bonds is 1. The van der Waals surface area contributed by atoms with Gasteiger partial charge in [0.15, 0.2) is 0 Å². The molecule has 2 aromatic heterocycles. The van der Waals surface area contributed by atoms with E-state index >= 15 is 0 Å². The number of hydrogen-bond acceptors (Lipinski definition) is 4. The number of nitrogens with zero attached hydrogens (tertiary/aromatic N) is 4. The zero-order valence-corrected chi connectivity index (χ0v) is 8.43. The first-order valence-electron chi connectivity index (χ1n) is 5.30. The van der Waals surface area contributed by atoms with Gasteiger partial charge >= 0.3 is 0 Å². The van der Waals surface area contributed by atoms with E-state index in [1.165, 1.54) is 18.5 Å². The molecule has 0 saturated carbocycles. The van der Waals surface area contributed by atoms with Crippen LogP contribution in [0.5, 0.6) is 0 Å². The van der Waals surface area contributed by atoms with E-state index < -0.39 is 0 Å². The fraction of sp³-hybridized carbons (Fsp3) is 0.500. The minimum absolute atomic E-state index is 0.533. The lowest BCUT2D eigenvalue weighted by molar-refractivity contribution is 0.448. The standard InChI is InChI=1S/C10H13N5/c1-2-8(6-11-4-1)9-3-5-12-10-13-7-14-15(9)10/h3,5,7-8,11H,1-2,4,6H2/t8-/m0/s1. The van der Waals surface area contributed by atoms with Crippen LogP contribution in [0.1, 0.15) is 24.5 Å². The van der Waals surface area contributed by atoms with Crippen LogP contribution in [0, 0.1) is 0 Å². The quantitative estimate of drug-likeness (QED) is 0.737. The Labute approximate surface area is 87.5 Å². The van der Waals surface area contributed by atoms with Gasteiger partial charge in [-0.2, -0.15) is 10.1 Å². The van der Waals surface area contributed by atoms with Gasteiger partial charge in [-0.3, -0.25) is 0 Å². The molecule has 15 heavy (non-hydrogen) atoms. The van der Waals surface area contributed by atoms with Crippen molar-refractivity contribution in [3.63, 3.8) is 0 Å². The van der Waals surface area contributed by atoms with E-state index in [0.717, 1.165) is 13.1 Å². The summed E-state index contributed by atoms with van der Waals surface area (Å²) >= 11 is 0. The summed E-state index contributed by atoms with van der Waals surface area (Å²) in [4.78, 5) is 8.26. The Kier molecular flexibility index (Phi) is 2.10. The fourth-order valence-electron chi connectivity index (χ4n) is 2.17. The van der Waals surface area contributed by atoms with Crippen molar-refractivity contribution in [3.05, 3.63) is 24.3 Å². The lowest BCUT2D eigenvalue weighted by Gasteiger charge is -2.22. The summed E-state index contributed by atoms with van der Waals surface area (Å²) in [5.41, 5.74) is 1.21. The Morgan fingerprint density at radius 2 is 2.40 bits per heavy atom. The molecule has 0 aromatic carbocycles. The van der Waals surface area contributed by atoms with Crippen LogP contribution in [0.2, 0.25) is 0 Å². The monoisotopic (exact) mass is 203 g/mol. The largest absolute Gasteiger partial charge is 0.316 e. The van der Waals surface area contributed by atoms with Crippen molar-refractivity contribution in [1.29, 1.82) is 0 Å². The van der Waals surface area contributed by atoms with Crippen LogP contribution in [0.3, 0.4) is 0 Å². The Morgan fingerprint density at radius 3 is 3.27 bits per heavy atom. The maximum Gasteiger partial charge on any atom is 0.252 e. The molecule has 2 aromatic rings.